The summed E-state index contributed by atoms with van der Waals surface area (Å²) in [5, 5.41) is 11.1. The normalized spacial score (nSPS) is 15.3. The lowest BCUT2D eigenvalue weighted by molar-refractivity contribution is -0.131. The molecule has 0 radical (unpaired) electrons. The van der Waals surface area contributed by atoms with Gasteiger partial charge in [0, 0.05) is 31.4 Å². The molecule has 0 aliphatic carbocycles. The van der Waals surface area contributed by atoms with Gasteiger partial charge in [0.05, 0.1) is 23.1 Å². The molecule has 1 aromatic heterocycles. The fourth-order valence-corrected chi connectivity index (χ4v) is 2.77. The third-order valence-corrected chi connectivity index (χ3v) is 3.97. The average Bonchev–Trinajstić information content (AvgIpc) is 2.95. The third-order valence-electron chi connectivity index (χ3n) is 3.97. The maximum atomic E-state index is 12.1. The van der Waals surface area contributed by atoms with Crippen LogP contribution >= 0.6 is 0 Å². The Morgan fingerprint density at radius 3 is 2.95 bits per heavy atom. The van der Waals surface area contributed by atoms with Crippen LogP contribution in [0, 0.1) is 0 Å². The van der Waals surface area contributed by atoms with Crippen LogP contribution in [0.1, 0.15) is 25.7 Å². The van der Waals surface area contributed by atoms with Gasteiger partial charge in [0.25, 0.3) is 0 Å². The zero-order valence-corrected chi connectivity index (χ0v) is 12.1. The van der Waals surface area contributed by atoms with Crippen LogP contribution in [0.25, 0.3) is 10.9 Å². The predicted molar refractivity (Wildman–Crippen MR) is 84.0 cm³/mol. The summed E-state index contributed by atoms with van der Waals surface area (Å²) >= 11 is 0. The molecule has 1 aliphatic rings. The number of nitrogens with zero attached hydrogens (tertiary/aromatic N) is 2. The van der Waals surface area contributed by atoms with E-state index in [-0.39, 0.29) is 5.91 Å². The Balaban J connectivity index is 1.56. The van der Waals surface area contributed by atoms with E-state index in [1.54, 1.807) is 6.20 Å². The van der Waals surface area contributed by atoms with Gasteiger partial charge < -0.3 is 16.0 Å². The first kappa shape index (κ1) is 13.7. The smallest absolute Gasteiger partial charge is 0.224 e. The quantitative estimate of drug-likeness (QED) is 0.750. The van der Waals surface area contributed by atoms with Crippen LogP contribution in [0.15, 0.2) is 18.3 Å². The highest BCUT2D eigenvalue weighted by molar-refractivity contribution is 5.88. The van der Waals surface area contributed by atoms with Crippen molar-refractivity contribution in [2.45, 2.75) is 25.7 Å². The van der Waals surface area contributed by atoms with Crippen molar-refractivity contribution in [3.63, 3.8) is 0 Å². The first-order valence-corrected chi connectivity index (χ1v) is 7.48. The Hall–Kier alpha value is -2.24. The number of aromatic amines is 1. The molecule has 4 N–H and O–H groups in total. The van der Waals surface area contributed by atoms with Crippen LogP contribution in [0.4, 0.5) is 11.4 Å². The first-order chi connectivity index (χ1) is 10.2. The second-order valence-corrected chi connectivity index (χ2v) is 5.51. The van der Waals surface area contributed by atoms with Gasteiger partial charge in [-0.2, -0.15) is 5.10 Å². The summed E-state index contributed by atoms with van der Waals surface area (Å²) in [6.45, 7) is 2.40. The molecule has 1 saturated heterocycles. The molecule has 0 spiro atoms. The van der Waals surface area contributed by atoms with E-state index < -0.39 is 0 Å². The number of H-pyrrole nitrogens is 1. The Morgan fingerprint density at radius 2 is 2.14 bits per heavy atom. The van der Waals surface area contributed by atoms with Crippen LogP contribution < -0.4 is 11.1 Å². The molecular formula is C15H21N5O. The fourth-order valence-electron chi connectivity index (χ4n) is 2.77. The van der Waals surface area contributed by atoms with Gasteiger partial charge in [-0.15, -0.1) is 0 Å². The van der Waals surface area contributed by atoms with Crippen molar-refractivity contribution in [2.75, 3.05) is 30.7 Å². The number of fused-ring (bicyclic) bond motifs is 1. The number of likely N-dealkylation sites (tertiary alicyclic amines) is 1. The van der Waals surface area contributed by atoms with Gasteiger partial charge in [-0.1, -0.05) is 0 Å². The minimum absolute atomic E-state index is 0.225. The maximum absolute atomic E-state index is 12.1. The summed E-state index contributed by atoms with van der Waals surface area (Å²) in [5.41, 5.74) is 8.47. The molecule has 0 bridgehead atoms. The molecule has 21 heavy (non-hydrogen) atoms. The molecule has 0 atom stereocenters. The van der Waals surface area contributed by atoms with Gasteiger partial charge in [0.15, 0.2) is 0 Å². The van der Waals surface area contributed by atoms with E-state index in [0.29, 0.717) is 18.7 Å². The van der Waals surface area contributed by atoms with Gasteiger partial charge in [-0.05, 0) is 31.4 Å². The van der Waals surface area contributed by atoms with Crippen molar-refractivity contribution in [3.8, 4) is 0 Å². The number of aromatic nitrogens is 2. The van der Waals surface area contributed by atoms with Crippen molar-refractivity contribution in [3.05, 3.63) is 18.3 Å². The predicted octanol–water partition coefficient (Wildman–Crippen LogP) is 1.96. The number of carbonyl (C=O) groups is 1. The second-order valence-electron chi connectivity index (χ2n) is 5.51. The summed E-state index contributed by atoms with van der Waals surface area (Å²) in [4.78, 5) is 14.0. The van der Waals surface area contributed by atoms with Crippen molar-refractivity contribution in [1.82, 2.24) is 15.1 Å². The molecule has 1 aliphatic heterocycles. The second kappa shape index (κ2) is 6.03. The summed E-state index contributed by atoms with van der Waals surface area (Å²) in [6, 6.07) is 3.82. The molecule has 6 nitrogen and oxygen atoms in total. The summed E-state index contributed by atoms with van der Waals surface area (Å²) in [5.74, 6) is 0.225. The highest BCUT2D eigenvalue weighted by Crippen LogP contribution is 2.24. The van der Waals surface area contributed by atoms with Crippen LogP contribution in [-0.2, 0) is 4.79 Å². The van der Waals surface area contributed by atoms with Gasteiger partial charge in [0.1, 0.15) is 0 Å². The number of hydrogen-bond acceptors (Lipinski definition) is 4. The zero-order chi connectivity index (χ0) is 14.7. The number of benzene rings is 1. The molecule has 6 heteroatoms. The molecule has 2 heterocycles. The number of nitrogens with one attached hydrogen (secondary N) is 2. The van der Waals surface area contributed by atoms with E-state index in [9.17, 15) is 4.79 Å². The lowest BCUT2D eigenvalue weighted by atomic mass is 10.1. The summed E-state index contributed by atoms with van der Waals surface area (Å²) in [7, 11) is 0. The Bertz CT molecular complexity index is 630. The topological polar surface area (TPSA) is 87.0 Å². The first-order valence-electron chi connectivity index (χ1n) is 7.48. The van der Waals surface area contributed by atoms with Gasteiger partial charge in [-0.25, -0.2) is 0 Å². The standard InChI is InChI=1S/C15H21N5O/c16-12-8-11-10-18-19-13(11)9-14(12)17-5-4-15(21)20-6-2-1-3-7-20/h8-10,17H,1-7,16H2,(H,18,19). The van der Waals surface area contributed by atoms with E-state index in [1.165, 1.54) is 6.42 Å². The molecule has 3 rings (SSSR count). The molecule has 1 amide bonds. The largest absolute Gasteiger partial charge is 0.397 e. The minimum atomic E-state index is 0.225. The fraction of sp³-hybridized carbons (Fsp3) is 0.467. The van der Waals surface area contributed by atoms with E-state index in [0.717, 1.165) is 42.5 Å². The zero-order valence-electron chi connectivity index (χ0n) is 12.1. The molecule has 2 aromatic rings. The number of nitrogen functional groups attached to an aromatic ring is 1. The molecule has 1 fully saturated rings. The molecule has 112 valence electrons. The number of anilines is 2. The minimum Gasteiger partial charge on any atom is -0.397 e. The average molecular weight is 287 g/mol. The molecular weight excluding hydrogens is 266 g/mol. The van der Waals surface area contributed by atoms with Crippen molar-refractivity contribution < 1.29 is 4.79 Å². The summed E-state index contributed by atoms with van der Waals surface area (Å²) in [6.07, 6.45) is 5.74. The number of rotatable bonds is 4. The highest BCUT2D eigenvalue weighted by atomic mass is 16.2. The Morgan fingerprint density at radius 1 is 1.33 bits per heavy atom. The van der Waals surface area contributed by atoms with Gasteiger partial charge >= 0.3 is 0 Å². The van der Waals surface area contributed by atoms with E-state index in [1.807, 2.05) is 17.0 Å². The van der Waals surface area contributed by atoms with Gasteiger partial charge in [-0.3, -0.25) is 9.89 Å². The van der Waals surface area contributed by atoms with E-state index >= 15 is 0 Å². The summed E-state index contributed by atoms with van der Waals surface area (Å²) < 4.78 is 0. The van der Waals surface area contributed by atoms with Crippen molar-refractivity contribution in [1.29, 1.82) is 0 Å². The number of hydrogen-bond donors (Lipinski definition) is 3. The van der Waals surface area contributed by atoms with Crippen LogP contribution in [-0.4, -0.2) is 40.6 Å². The third kappa shape index (κ3) is 3.09. The molecule has 1 aromatic carbocycles. The van der Waals surface area contributed by atoms with Crippen molar-refractivity contribution in [2.24, 2.45) is 0 Å². The van der Waals surface area contributed by atoms with E-state index in [2.05, 4.69) is 15.5 Å². The van der Waals surface area contributed by atoms with Gasteiger partial charge in [0.2, 0.25) is 5.91 Å². The SMILES string of the molecule is Nc1cc2cn[nH]c2cc1NCCC(=O)N1CCCCC1. The number of nitrogens with two attached hydrogens (primary N) is 1. The van der Waals surface area contributed by atoms with Crippen LogP contribution in [0.3, 0.4) is 0 Å². The maximum Gasteiger partial charge on any atom is 0.224 e. The number of amides is 1. The lowest BCUT2D eigenvalue weighted by Gasteiger charge is -2.26. The lowest BCUT2D eigenvalue weighted by Crippen LogP contribution is -2.36. The number of carbonyl (C=O) groups excluding carboxylic acids is 1. The molecule has 0 saturated carbocycles. The monoisotopic (exact) mass is 287 g/mol. The van der Waals surface area contributed by atoms with Crippen LogP contribution in [0.5, 0.6) is 0 Å². The van der Waals surface area contributed by atoms with Crippen LogP contribution in [0.2, 0.25) is 0 Å². The van der Waals surface area contributed by atoms with Crippen molar-refractivity contribution >= 4 is 28.2 Å². The highest BCUT2D eigenvalue weighted by Gasteiger charge is 2.15. The Kier molecular flexibility index (Phi) is 3.94. The number of piperidine rings is 1. The Labute approximate surface area is 123 Å². The van der Waals surface area contributed by atoms with E-state index in [4.69, 9.17) is 5.73 Å². The molecule has 0 unspecified atom stereocenters.